The minimum atomic E-state index is 0.618. The molecule has 158 valence electrons. The Morgan fingerprint density at radius 1 is 0.793 bits per heavy atom. The molecule has 0 bridgehead atoms. The van der Waals surface area contributed by atoms with Crippen molar-refractivity contribution in [2.45, 2.75) is 19.8 Å². The van der Waals surface area contributed by atoms with Crippen molar-refractivity contribution in [2.75, 3.05) is 74.9 Å². The second-order valence-corrected chi connectivity index (χ2v) is 8.37. The molecule has 2 heterocycles. The maximum absolute atomic E-state index is 5.65. The van der Waals surface area contributed by atoms with Gasteiger partial charge in [0, 0.05) is 69.4 Å². The highest BCUT2D eigenvalue weighted by Gasteiger charge is 2.13. The molecule has 2 aliphatic heterocycles. The summed E-state index contributed by atoms with van der Waals surface area (Å²) in [5.41, 5.74) is 10.6. The molecule has 2 fully saturated rings. The largest absolute Gasteiger partial charge is 0.399 e. The molecule has 0 radical (unpaired) electrons. The van der Waals surface area contributed by atoms with Crippen molar-refractivity contribution in [3.05, 3.63) is 54.1 Å². The molecule has 3 N–H and O–H groups in total. The molecule has 5 heteroatoms. The standard InChI is InChI=1S/C13H20N2.C11H17N3/c1-11(2)12-4-3-5-13(10-12)15-8-6-14-7-9-15;1-13-6-8-14(9-7-13)11-4-2-10(12)3-5-11/h3-5,10-11,14H,6-9H2,1-2H3;2-5H,6-9,12H2,1H3. The summed E-state index contributed by atoms with van der Waals surface area (Å²) in [6.07, 6.45) is 0. The molecule has 0 spiro atoms. The molecular formula is C24H37N5. The third-order valence-corrected chi connectivity index (χ3v) is 5.78. The van der Waals surface area contributed by atoms with Crippen molar-refractivity contribution in [2.24, 2.45) is 0 Å². The van der Waals surface area contributed by atoms with E-state index < -0.39 is 0 Å². The Morgan fingerprint density at radius 2 is 1.41 bits per heavy atom. The van der Waals surface area contributed by atoms with Crippen LogP contribution in [0, 0.1) is 0 Å². The summed E-state index contributed by atoms with van der Waals surface area (Å²) in [5.74, 6) is 0.618. The zero-order valence-electron chi connectivity index (χ0n) is 18.3. The number of likely N-dealkylation sites (N-methyl/N-ethyl adjacent to an activating group) is 1. The molecule has 2 saturated heterocycles. The number of nitrogens with two attached hydrogens (primary N) is 1. The third-order valence-electron chi connectivity index (χ3n) is 5.78. The Balaban J connectivity index is 0.000000166. The molecule has 2 aliphatic rings. The lowest BCUT2D eigenvalue weighted by Gasteiger charge is -2.34. The van der Waals surface area contributed by atoms with Crippen LogP contribution in [-0.4, -0.2) is 64.3 Å². The van der Waals surface area contributed by atoms with Gasteiger partial charge in [-0.3, -0.25) is 0 Å². The molecule has 2 aromatic carbocycles. The number of nitrogens with zero attached hydrogens (tertiary/aromatic N) is 3. The highest BCUT2D eigenvalue weighted by molar-refractivity contribution is 5.53. The average molecular weight is 396 g/mol. The number of piperazine rings is 2. The van der Waals surface area contributed by atoms with Crippen molar-refractivity contribution in [3.63, 3.8) is 0 Å². The first-order chi connectivity index (χ1) is 14.0. The van der Waals surface area contributed by atoms with Crippen molar-refractivity contribution in [1.82, 2.24) is 10.2 Å². The summed E-state index contributed by atoms with van der Waals surface area (Å²) in [4.78, 5) is 7.22. The zero-order chi connectivity index (χ0) is 20.6. The van der Waals surface area contributed by atoms with Crippen molar-refractivity contribution >= 4 is 17.1 Å². The predicted octanol–water partition coefficient (Wildman–Crippen LogP) is 3.24. The Labute approximate surface area is 176 Å². The van der Waals surface area contributed by atoms with Gasteiger partial charge in [0.1, 0.15) is 0 Å². The van der Waals surface area contributed by atoms with Crippen molar-refractivity contribution in [1.29, 1.82) is 0 Å². The molecule has 0 amide bonds. The van der Waals surface area contributed by atoms with Gasteiger partial charge in [-0.2, -0.15) is 0 Å². The first-order valence-electron chi connectivity index (χ1n) is 10.9. The van der Waals surface area contributed by atoms with Gasteiger partial charge < -0.3 is 25.8 Å². The van der Waals surface area contributed by atoms with Crippen LogP contribution in [0.1, 0.15) is 25.3 Å². The van der Waals surface area contributed by atoms with E-state index in [0.29, 0.717) is 5.92 Å². The molecule has 4 rings (SSSR count). The molecule has 5 nitrogen and oxygen atoms in total. The highest BCUT2D eigenvalue weighted by atomic mass is 15.2. The van der Waals surface area contributed by atoms with Gasteiger partial charge in [-0.25, -0.2) is 0 Å². The molecule has 0 saturated carbocycles. The SMILES string of the molecule is CC(C)c1cccc(N2CCNCC2)c1.CN1CCN(c2ccc(N)cc2)CC1. The van der Waals surface area contributed by atoms with Gasteiger partial charge in [0.15, 0.2) is 0 Å². The lowest BCUT2D eigenvalue weighted by molar-refractivity contribution is 0.313. The number of benzene rings is 2. The Hall–Kier alpha value is -2.24. The van der Waals surface area contributed by atoms with E-state index in [1.807, 2.05) is 12.1 Å². The summed E-state index contributed by atoms with van der Waals surface area (Å²) in [6.45, 7) is 13.5. The van der Waals surface area contributed by atoms with Crippen LogP contribution in [0.15, 0.2) is 48.5 Å². The highest BCUT2D eigenvalue weighted by Crippen LogP contribution is 2.21. The van der Waals surface area contributed by atoms with Crippen LogP contribution in [0.4, 0.5) is 17.1 Å². The van der Waals surface area contributed by atoms with E-state index in [4.69, 9.17) is 5.73 Å². The van der Waals surface area contributed by atoms with Crippen LogP contribution in [0.2, 0.25) is 0 Å². The number of nitrogens with one attached hydrogen (secondary N) is 1. The van der Waals surface area contributed by atoms with Crippen LogP contribution in [0.3, 0.4) is 0 Å². The van der Waals surface area contributed by atoms with Crippen LogP contribution in [0.5, 0.6) is 0 Å². The van der Waals surface area contributed by atoms with E-state index in [-0.39, 0.29) is 0 Å². The lowest BCUT2D eigenvalue weighted by atomic mass is 10.0. The minimum Gasteiger partial charge on any atom is -0.399 e. The average Bonchev–Trinajstić information content (AvgIpc) is 2.76. The maximum Gasteiger partial charge on any atom is 0.0369 e. The third kappa shape index (κ3) is 6.38. The Bertz CT molecular complexity index is 729. The van der Waals surface area contributed by atoms with Crippen molar-refractivity contribution in [3.8, 4) is 0 Å². The van der Waals surface area contributed by atoms with E-state index in [1.54, 1.807) is 0 Å². The summed E-state index contributed by atoms with van der Waals surface area (Å²) in [6, 6.07) is 17.1. The van der Waals surface area contributed by atoms with Gasteiger partial charge in [-0.15, -0.1) is 0 Å². The Kier molecular flexibility index (Phi) is 7.78. The second-order valence-electron chi connectivity index (χ2n) is 8.37. The van der Waals surface area contributed by atoms with Gasteiger partial charge >= 0.3 is 0 Å². The van der Waals surface area contributed by atoms with E-state index in [0.717, 1.165) is 58.0 Å². The quantitative estimate of drug-likeness (QED) is 0.782. The molecule has 0 atom stereocenters. The number of anilines is 3. The number of hydrogen-bond donors (Lipinski definition) is 2. The van der Waals surface area contributed by atoms with Crippen LogP contribution < -0.4 is 20.9 Å². The van der Waals surface area contributed by atoms with Gasteiger partial charge in [0.2, 0.25) is 0 Å². The van der Waals surface area contributed by atoms with E-state index in [9.17, 15) is 0 Å². The molecule has 0 unspecified atom stereocenters. The monoisotopic (exact) mass is 395 g/mol. The molecule has 29 heavy (non-hydrogen) atoms. The van der Waals surface area contributed by atoms with Crippen molar-refractivity contribution < 1.29 is 0 Å². The first kappa shape index (κ1) is 21.5. The summed E-state index contributed by atoms with van der Waals surface area (Å²) in [7, 11) is 2.17. The number of nitrogen functional groups attached to an aromatic ring is 1. The molecule has 2 aromatic rings. The second kappa shape index (κ2) is 10.5. The molecular weight excluding hydrogens is 358 g/mol. The van der Waals surface area contributed by atoms with Gasteiger partial charge in [0.05, 0.1) is 0 Å². The molecule has 0 aliphatic carbocycles. The van der Waals surface area contributed by atoms with Crippen LogP contribution in [0.25, 0.3) is 0 Å². The van der Waals surface area contributed by atoms with Gasteiger partial charge in [-0.05, 0) is 54.9 Å². The number of hydrogen-bond acceptors (Lipinski definition) is 5. The minimum absolute atomic E-state index is 0.618. The van der Waals surface area contributed by atoms with Gasteiger partial charge in [-0.1, -0.05) is 26.0 Å². The summed E-state index contributed by atoms with van der Waals surface area (Å²) < 4.78 is 0. The molecule has 0 aromatic heterocycles. The fraction of sp³-hybridized carbons (Fsp3) is 0.500. The van der Waals surface area contributed by atoms with Crippen LogP contribution >= 0.6 is 0 Å². The maximum atomic E-state index is 5.65. The normalized spacial score (nSPS) is 17.8. The summed E-state index contributed by atoms with van der Waals surface area (Å²) >= 11 is 0. The number of rotatable bonds is 3. The zero-order valence-corrected chi connectivity index (χ0v) is 18.3. The van der Waals surface area contributed by atoms with Crippen LogP contribution in [-0.2, 0) is 0 Å². The van der Waals surface area contributed by atoms with Gasteiger partial charge in [0.25, 0.3) is 0 Å². The first-order valence-corrected chi connectivity index (χ1v) is 10.9. The Morgan fingerprint density at radius 3 is 2.03 bits per heavy atom. The fourth-order valence-electron chi connectivity index (χ4n) is 3.75. The lowest BCUT2D eigenvalue weighted by Crippen LogP contribution is -2.44. The summed E-state index contributed by atoms with van der Waals surface area (Å²) in [5, 5.41) is 3.38. The van der Waals surface area contributed by atoms with E-state index in [1.165, 1.54) is 16.9 Å². The topological polar surface area (TPSA) is 47.8 Å². The van der Waals surface area contributed by atoms with E-state index >= 15 is 0 Å². The van der Waals surface area contributed by atoms with E-state index in [2.05, 4.69) is 77.3 Å². The smallest absolute Gasteiger partial charge is 0.0369 e. The predicted molar refractivity (Wildman–Crippen MR) is 126 cm³/mol. The fourth-order valence-corrected chi connectivity index (χ4v) is 3.75.